The molecule has 0 saturated heterocycles. The lowest BCUT2D eigenvalue weighted by Gasteiger charge is -2.12. The number of ether oxygens (including phenoxy) is 2. The van der Waals surface area contributed by atoms with E-state index in [-0.39, 0.29) is 12.8 Å². The van der Waals surface area contributed by atoms with Crippen molar-refractivity contribution in [2.75, 3.05) is 26.5 Å². The zero-order valence-corrected chi connectivity index (χ0v) is 12.5. The number of benzene rings is 1. The highest BCUT2D eigenvalue weighted by molar-refractivity contribution is 5.73. The van der Waals surface area contributed by atoms with Gasteiger partial charge in [-0.15, -0.1) is 0 Å². The first-order valence-electron chi connectivity index (χ1n) is 6.93. The molecule has 0 heterocycles. The van der Waals surface area contributed by atoms with Crippen LogP contribution >= 0.6 is 0 Å². The van der Waals surface area contributed by atoms with Crippen LogP contribution in [0.25, 0.3) is 0 Å². The molecule has 0 radical (unpaired) electrons. The third-order valence-electron chi connectivity index (χ3n) is 2.97. The van der Waals surface area contributed by atoms with Crippen LogP contribution in [0.3, 0.4) is 0 Å². The molecule has 1 aromatic rings. The standard InChI is InChI=1S/C15H24N2O3/c1-4-19-10-6-9-16-15(18)17-11-20-14-8-5-7-12(2)13(14)3/h5,7-8H,4,6,9-11H2,1-3H3,(H2,16,17,18). The van der Waals surface area contributed by atoms with Crippen LogP contribution in [0.2, 0.25) is 0 Å². The Balaban J connectivity index is 2.17. The highest BCUT2D eigenvalue weighted by atomic mass is 16.5. The van der Waals surface area contributed by atoms with Gasteiger partial charge < -0.3 is 20.1 Å². The van der Waals surface area contributed by atoms with Gasteiger partial charge in [-0.05, 0) is 44.4 Å². The Bertz CT molecular complexity index is 422. The van der Waals surface area contributed by atoms with E-state index >= 15 is 0 Å². The molecule has 0 aliphatic rings. The van der Waals surface area contributed by atoms with Gasteiger partial charge in [0.1, 0.15) is 5.75 Å². The number of hydrogen-bond acceptors (Lipinski definition) is 3. The van der Waals surface area contributed by atoms with Crippen molar-refractivity contribution in [3.8, 4) is 5.75 Å². The zero-order valence-electron chi connectivity index (χ0n) is 12.5. The molecule has 0 spiro atoms. The molecular formula is C15H24N2O3. The summed E-state index contributed by atoms with van der Waals surface area (Å²) in [6.07, 6.45) is 0.805. The summed E-state index contributed by atoms with van der Waals surface area (Å²) in [5.41, 5.74) is 2.26. The molecule has 5 nitrogen and oxygen atoms in total. The third kappa shape index (κ3) is 5.93. The summed E-state index contributed by atoms with van der Waals surface area (Å²) in [7, 11) is 0. The number of carbonyl (C=O) groups is 1. The average Bonchev–Trinajstić information content (AvgIpc) is 2.43. The minimum Gasteiger partial charge on any atom is -0.473 e. The molecule has 1 rings (SSSR count). The second-order valence-electron chi connectivity index (χ2n) is 4.47. The first-order valence-corrected chi connectivity index (χ1v) is 6.93. The second-order valence-corrected chi connectivity index (χ2v) is 4.47. The van der Waals surface area contributed by atoms with E-state index in [0.29, 0.717) is 19.8 Å². The van der Waals surface area contributed by atoms with Crippen molar-refractivity contribution < 1.29 is 14.3 Å². The Morgan fingerprint density at radius 2 is 2.05 bits per heavy atom. The lowest BCUT2D eigenvalue weighted by Crippen LogP contribution is -2.38. The fraction of sp³-hybridized carbons (Fsp3) is 0.533. The molecule has 112 valence electrons. The first-order chi connectivity index (χ1) is 9.65. The SMILES string of the molecule is CCOCCCNC(=O)NCOc1cccc(C)c1C. The minimum absolute atomic E-state index is 0.154. The molecule has 0 aromatic heterocycles. The fourth-order valence-electron chi connectivity index (χ4n) is 1.64. The van der Waals surface area contributed by atoms with E-state index in [1.807, 2.05) is 39.0 Å². The number of hydrogen-bond donors (Lipinski definition) is 2. The summed E-state index contributed by atoms with van der Waals surface area (Å²) >= 11 is 0. The Labute approximate surface area is 120 Å². The molecule has 20 heavy (non-hydrogen) atoms. The zero-order chi connectivity index (χ0) is 14.8. The normalized spacial score (nSPS) is 10.2. The predicted octanol–water partition coefficient (Wildman–Crippen LogP) is 2.37. The van der Waals surface area contributed by atoms with Crippen molar-refractivity contribution in [2.24, 2.45) is 0 Å². The van der Waals surface area contributed by atoms with E-state index in [4.69, 9.17) is 9.47 Å². The van der Waals surface area contributed by atoms with Crippen molar-refractivity contribution >= 4 is 6.03 Å². The van der Waals surface area contributed by atoms with Crippen LogP contribution in [-0.2, 0) is 4.74 Å². The Morgan fingerprint density at radius 3 is 2.80 bits per heavy atom. The Hall–Kier alpha value is -1.75. The maximum absolute atomic E-state index is 11.5. The summed E-state index contributed by atoms with van der Waals surface area (Å²) in [5.74, 6) is 0.793. The molecule has 2 N–H and O–H groups in total. The highest BCUT2D eigenvalue weighted by Crippen LogP contribution is 2.19. The highest BCUT2D eigenvalue weighted by Gasteiger charge is 2.03. The lowest BCUT2D eigenvalue weighted by atomic mass is 10.1. The van der Waals surface area contributed by atoms with Gasteiger partial charge in [-0.3, -0.25) is 0 Å². The van der Waals surface area contributed by atoms with Gasteiger partial charge in [0.25, 0.3) is 0 Å². The van der Waals surface area contributed by atoms with E-state index in [1.165, 1.54) is 5.56 Å². The molecule has 0 bridgehead atoms. The molecule has 0 aliphatic heterocycles. The van der Waals surface area contributed by atoms with Gasteiger partial charge in [-0.1, -0.05) is 12.1 Å². The van der Waals surface area contributed by atoms with Gasteiger partial charge in [0.15, 0.2) is 6.73 Å². The fourth-order valence-corrected chi connectivity index (χ4v) is 1.64. The van der Waals surface area contributed by atoms with Gasteiger partial charge >= 0.3 is 6.03 Å². The van der Waals surface area contributed by atoms with Crippen molar-refractivity contribution in [1.29, 1.82) is 0 Å². The average molecular weight is 280 g/mol. The molecule has 0 fully saturated rings. The lowest BCUT2D eigenvalue weighted by molar-refractivity contribution is 0.145. The predicted molar refractivity (Wildman–Crippen MR) is 79.1 cm³/mol. The molecule has 1 aromatic carbocycles. The molecule has 2 amide bonds. The number of aryl methyl sites for hydroxylation is 1. The van der Waals surface area contributed by atoms with Gasteiger partial charge in [-0.2, -0.15) is 0 Å². The second kappa shape index (κ2) is 9.20. The number of urea groups is 1. The number of rotatable bonds is 8. The van der Waals surface area contributed by atoms with Crippen molar-refractivity contribution in [3.05, 3.63) is 29.3 Å². The van der Waals surface area contributed by atoms with Crippen molar-refractivity contribution in [1.82, 2.24) is 10.6 Å². The minimum atomic E-state index is -0.230. The van der Waals surface area contributed by atoms with E-state index in [0.717, 1.165) is 17.7 Å². The Morgan fingerprint density at radius 1 is 1.25 bits per heavy atom. The maximum atomic E-state index is 11.5. The van der Waals surface area contributed by atoms with Crippen LogP contribution in [0.5, 0.6) is 5.75 Å². The van der Waals surface area contributed by atoms with Gasteiger partial charge in [0.05, 0.1) is 0 Å². The first kappa shape index (κ1) is 16.3. The van der Waals surface area contributed by atoms with E-state index in [2.05, 4.69) is 10.6 Å². The summed E-state index contributed by atoms with van der Waals surface area (Å²) in [5, 5.41) is 5.40. The summed E-state index contributed by atoms with van der Waals surface area (Å²) < 4.78 is 10.7. The molecular weight excluding hydrogens is 256 g/mol. The maximum Gasteiger partial charge on any atom is 0.317 e. The van der Waals surface area contributed by atoms with E-state index in [1.54, 1.807) is 0 Å². The van der Waals surface area contributed by atoms with Crippen molar-refractivity contribution in [3.63, 3.8) is 0 Å². The molecule has 0 unspecified atom stereocenters. The number of nitrogens with one attached hydrogen (secondary N) is 2. The number of carbonyl (C=O) groups excluding carboxylic acids is 1. The van der Waals surface area contributed by atoms with Crippen LogP contribution < -0.4 is 15.4 Å². The van der Waals surface area contributed by atoms with Crippen LogP contribution in [-0.4, -0.2) is 32.5 Å². The molecule has 0 atom stereocenters. The monoisotopic (exact) mass is 280 g/mol. The van der Waals surface area contributed by atoms with E-state index < -0.39 is 0 Å². The van der Waals surface area contributed by atoms with Crippen LogP contribution in [0, 0.1) is 13.8 Å². The molecule has 5 heteroatoms. The largest absolute Gasteiger partial charge is 0.473 e. The number of amides is 2. The Kier molecular flexibility index (Phi) is 7.50. The van der Waals surface area contributed by atoms with Crippen molar-refractivity contribution in [2.45, 2.75) is 27.2 Å². The summed E-state index contributed by atoms with van der Waals surface area (Å²) in [6.45, 7) is 8.09. The van der Waals surface area contributed by atoms with E-state index in [9.17, 15) is 4.79 Å². The van der Waals surface area contributed by atoms with Crippen LogP contribution in [0.1, 0.15) is 24.5 Å². The van der Waals surface area contributed by atoms with Gasteiger partial charge in [0.2, 0.25) is 0 Å². The quantitative estimate of drug-likeness (QED) is 0.568. The van der Waals surface area contributed by atoms with Gasteiger partial charge in [-0.25, -0.2) is 4.79 Å². The van der Waals surface area contributed by atoms with Gasteiger partial charge in [0, 0.05) is 19.8 Å². The third-order valence-corrected chi connectivity index (χ3v) is 2.97. The topological polar surface area (TPSA) is 59.6 Å². The smallest absolute Gasteiger partial charge is 0.317 e. The molecule has 0 saturated carbocycles. The summed E-state index contributed by atoms with van der Waals surface area (Å²) in [6, 6.07) is 5.63. The van der Waals surface area contributed by atoms with Crippen LogP contribution in [0.4, 0.5) is 4.79 Å². The molecule has 0 aliphatic carbocycles. The summed E-state index contributed by atoms with van der Waals surface area (Å²) in [4.78, 5) is 11.5. The van der Waals surface area contributed by atoms with Crippen LogP contribution in [0.15, 0.2) is 18.2 Å².